The molecule has 0 saturated carbocycles. The number of carbonyl (C=O) groups excluding carboxylic acids is 3. The van der Waals surface area contributed by atoms with Crippen LogP contribution < -0.4 is 26.4 Å². The Balaban J connectivity index is 1.20. The van der Waals surface area contributed by atoms with E-state index >= 15 is 0 Å². The number of hydrogen-bond donors (Lipinski definition) is 7. The summed E-state index contributed by atoms with van der Waals surface area (Å²) < 4.78 is 2.68. The highest BCUT2D eigenvalue weighted by Crippen LogP contribution is 2.45. The molecule has 2 fully saturated rings. The molecular formula is C24H29N9O6S4. The van der Waals surface area contributed by atoms with Crippen LogP contribution in [0.25, 0.3) is 0 Å². The van der Waals surface area contributed by atoms with E-state index in [1.54, 1.807) is 24.0 Å². The molecule has 2 saturated heterocycles. The standard InChI is InChI=1S/C24H29N9O6S4/c25-24-30-18(32-43-24)15(31-39)20(35)29-16-21(36)33-17(23(37)38)14(10-41-22(16)33)42-13-4-2-6-27-12(13)9-40-8-7-28-19(34)11-3-1-5-26-11/h2,4,6,11,16,22,24,26,39H,1,3,5,7-10,25H2,(H,28,34)(H,29,35)(H,30,32)(H,37,38)/b31-15-/t11-,16+,22+,24?/m0/s1. The van der Waals surface area contributed by atoms with Crippen LogP contribution in [0.3, 0.4) is 0 Å². The van der Waals surface area contributed by atoms with Gasteiger partial charge in [-0.25, -0.2) is 9.79 Å². The summed E-state index contributed by atoms with van der Waals surface area (Å²) in [7, 11) is 0. The minimum Gasteiger partial charge on any atom is -0.477 e. The molecule has 8 N–H and O–H groups in total. The van der Waals surface area contributed by atoms with E-state index < -0.39 is 40.4 Å². The van der Waals surface area contributed by atoms with Gasteiger partial charge in [-0.2, -0.15) is 11.8 Å². The molecular weight excluding hydrogens is 639 g/mol. The summed E-state index contributed by atoms with van der Waals surface area (Å²) >= 11 is 5.18. The van der Waals surface area contributed by atoms with E-state index in [4.69, 9.17) is 5.73 Å². The van der Waals surface area contributed by atoms with Crippen LogP contribution in [-0.2, 0) is 24.9 Å². The third-order valence-corrected chi connectivity index (χ3v) is 11.0. The van der Waals surface area contributed by atoms with Crippen LogP contribution in [0.1, 0.15) is 18.5 Å². The number of nitrogens with one attached hydrogen (secondary N) is 4. The lowest BCUT2D eigenvalue weighted by atomic mass is 10.0. The number of thioether (sulfide) groups is 3. The lowest BCUT2D eigenvalue weighted by molar-refractivity contribution is -0.150. The van der Waals surface area contributed by atoms with Gasteiger partial charge in [0.25, 0.3) is 11.8 Å². The van der Waals surface area contributed by atoms with E-state index in [0.717, 1.165) is 41.9 Å². The number of nitrogens with two attached hydrogens (primary N) is 1. The number of aliphatic carboxylic acids is 1. The first-order valence-electron chi connectivity index (χ1n) is 13.2. The van der Waals surface area contributed by atoms with Gasteiger partial charge in [-0.3, -0.25) is 30.0 Å². The number of pyridine rings is 1. The zero-order valence-corrected chi connectivity index (χ0v) is 25.8. The van der Waals surface area contributed by atoms with E-state index in [-0.39, 0.29) is 29.2 Å². The van der Waals surface area contributed by atoms with Crippen molar-refractivity contribution in [1.82, 2.24) is 30.6 Å². The zero-order valence-electron chi connectivity index (χ0n) is 22.5. The van der Waals surface area contributed by atoms with Gasteiger partial charge in [0.1, 0.15) is 17.1 Å². The largest absolute Gasteiger partial charge is 0.477 e. The monoisotopic (exact) mass is 667 g/mol. The number of aromatic nitrogens is 1. The molecule has 0 spiro atoms. The fourth-order valence-corrected chi connectivity index (χ4v) is 8.71. The fraction of sp³-hybridized carbons (Fsp3) is 0.458. The summed E-state index contributed by atoms with van der Waals surface area (Å²) in [6, 6.07) is 2.48. The Hall–Kier alpha value is -2.97. The maximum atomic E-state index is 13.1. The number of nitrogens with zero attached hydrogens (tertiary/aromatic N) is 4. The van der Waals surface area contributed by atoms with Gasteiger partial charge in [0.05, 0.1) is 11.7 Å². The summed E-state index contributed by atoms with van der Waals surface area (Å²) in [5, 5.41) is 30.4. The average Bonchev–Trinajstić information content (AvgIpc) is 3.69. The number of carboxylic acid groups (broad SMARTS) is 1. The third-order valence-electron chi connectivity index (χ3n) is 6.74. The van der Waals surface area contributed by atoms with E-state index in [0.29, 0.717) is 23.0 Å². The summed E-state index contributed by atoms with van der Waals surface area (Å²) in [4.78, 5) is 61.2. The summed E-state index contributed by atoms with van der Waals surface area (Å²) in [5.41, 5.74) is 5.15. The Bertz CT molecular complexity index is 1390. The second-order valence-electron chi connectivity index (χ2n) is 9.52. The first kappa shape index (κ1) is 31.5. The van der Waals surface area contributed by atoms with E-state index in [1.165, 1.54) is 28.4 Å². The van der Waals surface area contributed by atoms with E-state index in [1.807, 2.05) is 6.07 Å². The molecule has 1 aromatic rings. The van der Waals surface area contributed by atoms with Gasteiger partial charge in [-0.1, -0.05) is 16.9 Å². The Morgan fingerprint density at radius 1 is 1.33 bits per heavy atom. The predicted octanol–water partition coefficient (Wildman–Crippen LogP) is -0.306. The molecule has 15 nitrogen and oxygen atoms in total. The van der Waals surface area contributed by atoms with Crippen LogP contribution >= 0.6 is 47.2 Å². The number of amidine groups is 1. The number of hydrogen-bond acceptors (Lipinski definition) is 15. The lowest BCUT2D eigenvalue weighted by Gasteiger charge is -2.49. The maximum Gasteiger partial charge on any atom is 0.353 e. The van der Waals surface area contributed by atoms with Crippen molar-refractivity contribution in [3.8, 4) is 0 Å². The highest BCUT2D eigenvalue weighted by Gasteiger charge is 2.54. The number of β-lactam (4-membered cyclic amide) rings is 1. The molecule has 0 aliphatic carbocycles. The Kier molecular flexibility index (Phi) is 10.4. The van der Waals surface area contributed by atoms with Crippen molar-refractivity contribution in [1.29, 1.82) is 0 Å². The van der Waals surface area contributed by atoms with Gasteiger partial charge in [0.15, 0.2) is 11.3 Å². The van der Waals surface area contributed by atoms with Gasteiger partial charge in [-0.05, 0) is 43.5 Å². The topological polar surface area (TPSA) is 224 Å². The van der Waals surface area contributed by atoms with Crippen molar-refractivity contribution >= 4 is 82.5 Å². The molecule has 1 unspecified atom stereocenters. The third kappa shape index (κ3) is 7.07. The van der Waals surface area contributed by atoms with E-state index in [9.17, 15) is 29.5 Å². The highest BCUT2D eigenvalue weighted by molar-refractivity contribution is 8.06. The summed E-state index contributed by atoms with van der Waals surface area (Å²) in [5.74, 6) is -1.19. The Morgan fingerprint density at radius 2 is 2.16 bits per heavy atom. The molecule has 230 valence electrons. The fourth-order valence-electron chi connectivity index (χ4n) is 4.69. The first-order chi connectivity index (χ1) is 20.8. The van der Waals surface area contributed by atoms with Crippen molar-refractivity contribution in [2.45, 2.75) is 46.4 Å². The molecule has 5 heterocycles. The Morgan fingerprint density at radius 3 is 2.86 bits per heavy atom. The van der Waals surface area contributed by atoms with Crippen LogP contribution in [0.5, 0.6) is 0 Å². The van der Waals surface area contributed by atoms with Crippen molar-refractivity contribution in [3.63, 3.8) is 0 Å². The van der Waals surface area contributed by atoms with Crippen molar-refractivity contribution in [2.75, 3.05) is 24.6 Å². The molecule has 4 aliphatic rings. The number of carbonyl (C=O) groups is 4. The van der Waals surface area contributed by atoms with Crippen LogP contribution in [0.2, 0.25) is 0 Å². The lowest BCUT2D eigenvalue weighted by Crippen LogP contribution is -2.71. The molecule has 3 amide bonds. The quantitative estimate of drug-likeness (QED) is 0.0380. The normalized spacial score (nSPS) is 25.0. The van der Waals surface area contributed by atoms with Crippen LogP contribution in [0, 0.1) is 0 Å². The number of aliphatic imine (C=N–C) groups is 1. The van der Waals surface area contributed by atoms with Crippen LogP contribution in [-0.4, -0.2) is 103 Å². The molecule has 43 heavy (non-hydrogen) atoms. The van der Waals surface area contributed by atoms with Crippen molar-refractivity contribution < 1.29 is 29.5 Å². The first-order valence-corrected chi connectivity index (χ1v) is 17.1. The second-order valence-corrected chi connectivity index (χ2v) is 13.8. The highest BCUT2D eigenvalue weighted by atomic mass is 32.2. The van der Waals surface area contributed by atoms with Crippen LogP contribution in [0.15, 0.2) is 44.0 Å². The summed E-state index contributed by atoms with van der Waals surface area (Å²) in [6.07, 6.45) is 3.52. The molecule has 0 bridgehead atoms. The zero-order chi connectivity index (χ0) is 30.5. The number of carboxylic acids is 1. The van der Waals surface area contributed by atoms with Crippen molar-refractivity contribution in [2.24, 2.45) is 15.9 Å². The summed E-state index contributed by atoms with van der Waals surface area (Å²) in [6.45, 7) is 1.39. The molecule has 4 atom stereocenters. The van der Waals surface area contributed by atoms with Gasteiger partial charge >= 0.3 is 5.97 Å². The number of amides is 3. The molecule has 0 aromatic carbocycles. The molecule has 1 aromatic heterocycles. The average molecular weight is 668 g/mol. The number of fused-ring (bicyclic) bond motifs is 1. The Labute approximate surface area is 263 Å². The van der Waals surface area contributed by atoms with E-state index in [2.05, 4.69) is 35.8 Å². The maximum absolute atomic E-state index is 13.1. The second kappa shape index (κ2) is 14.2. The van der Waals surface area contributed by atoms with Gasteiger partial charge < -0.3 is 31.0 Å². The number of oxime groups is 1. The van der Waals surface area contributed by atoms with Gasteiger partial charge in [0.2, 0.25) is 11.6 Å². The van der Waals surface area contributed by atoms with Gasteiger partial charge in [0, 0.05) is 39.8 Å². The predicted molar refractivity (Wildman–Crippen MR) is 165 cm³/mol. The van der Waals surface area contributed by atoms with Gasteiger partial charge in [-0.15, -0.1) is 11.8 Å². The number of rotatable bonds is 12. The molecule has 0 radical (unpaired) electrons. The molecule has 19 heteroatoms. The minimum absolute atomic E-state index is 0.0156. The molecule has 4 aliphatic heterocycles. The minimum atomic E-state index is -1.26. The molecule has 5 rings (SSSR count). The van der Waals surface area contributed by atoms with Crippen molar-refractivity contribution in [3.05, 3.63) is 34.6 Å². The van der Waals surface area contributed by atoms with Crippen LogP contribution in [0.4, 0.5) is 0 Å². The SMILES string of the molecule is NC1N=C(/C(=N/O)C(=O)N[C@@H]2C(=O)N3C(C(=O)O)=C(Sc4cccnc4CSCCNC(=O)[C@@H]4CCCN4)CS[C@H]23)NS1. The smallest absolute Gasteiger partial charge is 0.353 e.